The van der Waals surface area contributed by atoms with E-state index in [9.17, 15) is 22.4 Å². The number of carboxylic acids is 1. The van der Waals surface area contributed by atoms with Gasteiger partial charge >= 0.3 is 12.1 Å². The average Bonchev–Trinajstić information content (AvgIpc) is 2.15. The van der Waals surface area contributed by atoms with E-state index in [4.69, 9.17) is 15.5 Å². The van der Waals surface area contributed by atoms with Crippen LogP contribution in [0.2, 0.25) is 0 Å². The number of rotatable bonds is 1. The fourth-order valence-corrected chi connectivity index (χ4v) is 1.15. The maximum Gasteiger partial charge on any atom is 0.422 e. The summed E-state index contributed by atoms with van der Waals surface area (Å²) in [6.45, 7) is 0. The van der Waals surface area contributed by atoms with Gasteiger partial charge in [0, 0.05) is 0 Å². The highest BCUT2D eigenvalue weighted by atomic mass is 19.4. The summed E-state index contributed by atoms with van der Waals surface area (Å²) in [6.07, 6.45) is -5.30. The second-order valence-corrected chi connectivity index (χ2v) is 2.92. The molecule has 0 aromatic heterocycles. The minimum atomic E-state index is -5.30. The largest absolute Gasteiger partial charge is 0.506 e. The first-order chi connectivity index (χ1) is 7.70. The summed E-state index contributed by atoms with van der Waals surface area (Å²) < 4.78 is 50.3. The maximum absolute atomic E-state index is 13.2. The van der Waals surface area contributed by atoms with Crippen molar-refractivity contribution in [2.24, 2.45) is 0 Å². The number of phenols is 1. The van der Waals surface area contributed by atoms with Crippen molar-refractivity contribution in [1.29, 1.82) is 5.26 Å². The second-order valence-electron chi connectivity index (χ2n) is 2.92. The predicted molar refractivity (Wildman–Crippen MR) is 44.7 cm³/mol. The van der Waals surface area contributed by atoms with Crippen LogP contribution in [0, 0.1) is 17.1 Å². The van der Waals surface area contributed by atoms with Gasteiger partial charge in [-0.15, -0.1) is 0 Å². The summed E-state index contributed by atoms with van der Waals surface area (Å²) >= 11 is 0. The molecule has 0 amide bonds. The van der Waals surface area contributed by atoms with E-state index < -0.39 is 40.4 Å². The highest BCUT2D eigenvalue weighted by molar-refractivity contribution is 5.92. The Morgan fingerprint density at radius 2 is 1.94 bits per heavy atom. The number of benzene rings is 1. The van der Waals surface area contributed by atoms with Gasteiger partial charge in [-0.3, -0.25) is 0 Å². The molecule has 0 radical (unpaired) electrons. The molecule has 1 rings (SSSR count). The lowest BCUT2D eigenvalue weighted by atomic mass is 10.0. The molecule has 0 spiro atoms. The zero-order valence-corrected chi connectivity index (χ0v) is 7.84. The van der Waals surface area contributed by atoms with Crippen LogP contribution in [-0.4, -0.2) is 16.2 Å². The quantitative estimate of drug-likeness (QED) is 0.747. The molecule has 0 atom stereocenters. The summed E-state index contributed by atoms with van der Waals surface area (Å²) in [6, 6.07) is 1.42. The molecule has 17 heavy (non-hydrogen) atoms. The smallest absolute Gasteiger partial charge is 0.422 e. The van der Waals surface area contributed by atoms with Gasteiger partial charge in [-0.25, -0.2) is 9.18 Å². The van der Waals surface area contributed by atoms with Crippen molar-refractivity contribution in [2.45, 2.75) is 6.18 Å². The molecule has 0 aliphatic rings. The molecule has 0 saturated carbocycles. The van der Waals surface area contributed by atoms with Gasteiger partial charge in [0.25, 0.3) is 0 Å². The molecule has 90 valence electrons. The highest BCUT2D eigenvalue weighted by Crippen LogP contribution is 2.40. The molecule has 0 heterocycles. The SMILES string of the molecule is N#Cc1cc(C(=O)O)c(O)c(C(F)(F)F)c1F. The van der Waals surface area contributed by atoms with Crippen molar-refractivity contribution >= 4 is 5.97 Å². The van der Waals surface area contributed by atoms with Crippen LogP contribution in [0.15, 0.2) is 6.07 Å². The van der Waals surface area contributed by atoms with Crippen molar-refractivity contribution in [3.8, 4) is 11.8 Å². The van der Waals surface area contributed by atoms with Crippen LogP contribution in [-0.2, 0) is 6.18 Å². The minimum absolute atomic E-state index is 0.336. The molecule has 8 heteroatoms. The molecule has 0 fully saturated rings. The Morgan fingerprint density at radius 1 is 1.41 bits per heavy atom. The molecule has 4 nitrogen and oxygen atoms in total. The van der Waals surface area contributed by atoms with E-state index in [1.165, 1.54) is 0 Å². The van der Waals surface area contributed by atoms with E-state index in [1.807, 2.05) is 0 Å². The average molecular weight is 249 g/mol. The van der Waals surface area contributed by atoms with Crippen molar-refractivity contribution in [2.75, 3.05) is 0 Å². The first kappa shape index (κ1) is 12.8. The number of hydrogen-bond acceptors (Lipinski definition) is 3. The van der Waals surface area contributed by atoms with Gasteiger partial charge in [-0.1, -0.05) is 0 Å². The summed E-state index contributed by atoms with van der Waals surface area (Å²) in [4.78, 5) is 10.5. The van der Waals surface area contributed by atoms with E-state index in [0.717, 1.165) is 6.07 Å². The van der Waals surface area contributed by atoms with Gasteiger partial charge in [0.15, 0.2) is 5.82 Å². The molecule has 1 aromatic rings. The highest BCUT2D eigenvalue weighted by Gasteiger charge is 2.40. The van der Waals surface area contributed by atoms with Crippen LogP contribution in [0.5, 0.6) is 5.75 Å². The third-order valence-corrected chi connectivity index (χ3v) is 1.87. The van der Waals surface area contributed by atoms with E-state index in [0.29, 0.717) is 6.07 Å². The number of aromatic carboxylic acids is 1. The monoisotopic (exact) mass is 249 g/mol. The Bertz CT molecular complexity index is 531. The van der Waals surface area contributed by atoms with Crippen LogP contribution in [0.1, 0.15) is 21.5 Å². The van der Waals surface area contributed by atoms with Gasteiger partial charge < -0.3 is 10.2 Å². The van der Waals surface area contributed by atoms with Gasteiger partial charge in [0.05, 0.1) is 5.56 Å². The molecule has 0 unspecified atom stereocenters. The van der Waals surface area contributed by atoms with Crippen LogP contribution in [0.4, 0.5) is 17.6 Å². The molecule has 0 aliphatic heterocycles. The standard InChI is InChI=1S/C9H3F4NO3/c10-6-3(2-14)1-4(8(16)17)7(15)5(6)9(11,12)13/h1,15H,(H,16,17). The first-order valence-electron chi connectivity index (χ1n) is 3.96. The fraction of sp³-hybridized carbons (Fsp3) is 0.111. The second kappa shape index (κ2) is 3.93. The van der Waals surface area contributed by atoms with Crippen LogP contribution >= 0.6 is 0 Å². The fourth-order valence-electron chi connectivity index (χ4n) is 1.15. The Kier molecular flexibility index (Phi) is 2.95. The Labute approximate surface area is 91.3 Å². The lowest BCUT2D eigenvalue weighted by Crippen LogP contribution is -2.13. The zero-order valence-electron chi connectivity index (χ0n) is 7.84. The predicted octanol–water partition coefficient (Wildman–Crippen LogP) is 2.12. The number of nitrogens with zero attached hydrogens (tertiary/aromatic N) is 1. The molecule has 1 aromatic carbocycles. The van der Waals surface area contributed by atoms with Crippen molar-refractivity contribution in [3.63, 3.8) is 0 Å². The molecule has 0 saturated heterocycles. The van der Waals surface area contributed by atoms with E-state index in [2.05, 4.69) is 0 Å². The topological polar surface area (TPSA) is 81.3 Å². The number of hydrogen-bond donors (Lipinski definition) is 2. The normalized spacial score (nSPS) is 11.0. The molecule has 0 bridgehead atoms. The van der Waals surface area contributed by atoms with Crippen LogP contribution < -0.4 is 0 Å². The lowest BCUT2D eigenvalue weighted by molar-refractivity contribution is -0.141. The van der Waals surface area contributed by atoms with Crippen molar-refractivity contribution in [3.05, 3.63) is 28.6 Å². The molecular formula is C9H3F4NO3. The van der Waals surface area contributed by atoms with Crippen LogP contribution in [0.25, 0.3) is 0 Å². The number of carbonyl (C=O) groups is 1. The van der Waals surface area contributed by atoms with Crippen molar-refractivity contribution < 1.29 is 32.6 Å². The third-order valence-electron chi connectivity index (χ3n) is 1.87. The van der Waals surface area contributed by atoms with E-state index >= 15 is 0 Å². The zero-order chi connectivity index (χ0) is 13.4. The summed E-state index contributed by atoms with van der Waals surface area (Å²) in [5.74, 6) is -5.64. The number of alkyl halides is 3. The summed E-state index contributed by atoms with van der Waals surface area (Å²) in [5, 5.41) is 25.9. The van der Waals surface area contributed by atoms with E-state index in [-0.39, 0.29) is 0 Å². The maximum atomic E-state index is 13.2. The number of aromatic hydroxyl groups is 1. The van der Waals surface area contributed by atoms with Crippen molar-refractivity contribution in [1.82, 2.24) is 0 Å². The summed E-state index contributed by atoms with van der Waals surface area (Å²) in [5.41, 5.74) is -4.45. The molecule has 2 N–H and O–H groups in total. The van der Waals surface area contributed by atoms with Gasteiger partial charge in [0.2, 0.25) is 0 Å². The van der Waals surface area contributed by atoms with E-state index in [1.54, 1.807) is 0 Å². The number of halogens is 4. The van der Waals surface area contributed by atoms with Gasteiger partial charge in [-0.05, 0) is 6.07 Å². The number of carboxylic acid groups (broad SMARTS) is 1. The lowest BCUT2D eigenvalue weighted by Gasteiger charge is -2.12. The molecular weight excluding hydrogens is 246 g/mol. The third kappa shape index (κ3) is 2.13. The number of nitriles is 1. The van der Waals surface area contributed by atoms with Crippen LogP contribution in [0.3, 0.4) is 0 Å². The Morgan fingerprint density at radius 3 is 2.29 bits per heavy atom. The Balaban J connectivity index is 3.76. The molecule has 0 aliphatic carbocycles. The first-order valence-corrected chi connectivity index (χ1v) is 3.96. The summed E-state index contributed by atoms with van der Waals surface area (Å²) in [7, 11) is 0. The van der Waals surface area contributed by atoms with Gasteiger partial charge in [0.1, 0.15) is 22.9 Å². The minimum Gasteiger partial charge on any atom is -0.506 e. The van der Waals surface area contributed by atoms with Gasteiger partial charge in [-0.2, -0.15) is 18.4 Å². The Hall–Kier alpha value is -2.30.